The van der Waals surface area contributed by atoms with Crippen molar-refractivity contribution >= 4 is 11.3 Å². The van der Waals surface area contributed by atoms with Gasteiger partial charge in [0, 0.05) is 6.20 Å². The molecule has 0 aliphatic heterocycles. The number of rotatable bonds is 2. The van der Waals surface area contributed by atoms with Gasteiger partial charge in [0.2, 0.25) is 0 Å². The summed E-state index contributed by atoms with van der Waals surface area (Å²) in [6, 6.07) is 7.53. The van der Waals surface area contributed by atoms with Crippen molar-refractivity contribution in [2.45, 2.75) is 0 Å². The van der Waals surface area contributed by atoms with Gasteiger partial charge in [0.25, 0.3) is 0 Å². The highest BCUT2D eigenvalue weighted by molar-refractivity contribution is 7.18. The first-order valence-electron chi connectivity index (χ1n) is 4.86. The number of aromatic amines is 2. The Morgan fingerprint density at radius 2 is 2.06 bits per heavy atom. The fraction of sp³-hybridized carbons (Fsp3) is 0. The van der Waals surface area contributed by atoms with Crippen molar-refractivity contribution in [3.05, 3.63) is 40.9 Å². The third kappa shape index (κ3) is 1.87. The molecule has 3 aromatic heterocycles. The number of nitrogens with one attached hydrogen (secondary N) is 2. The van der Waals surface area contributed by atoms with Gasteiger partial charge in [-0.15, -0.1) is 16.4 Å². The van der Waals surface area contributed by atoms with Crippen molar-refractivity contribution in [2.24, 2.45) is 0 Å². The summed E-state index contributed by atoms with van der Waals surface area (Å²) in [5.41, 5.74) is 0.496. The zero-order valence-corrected chi connectivity index (χ0v) is 9.36. The van der Waals surface area contributed by atoms with E-state index in [4.69, 9.17) is 0 Å². The minimum atomic E-state index is -0.311. The van der Waals surface area contributed by atoms with Crippen LogP contribution in [0.3, 0.4) is 0 Å². The van der Waals surface area contributed by atoms with Crippen molar-refractivity contribution in [1.29, 1.82) is 0 Å². The molecule has 0 unspecified atom stereocenters. The Hall–Kier alpha value is -2.28. The van der Waals surface area contributed by atoms with Crippen molar-refractivity contribution < 1.29 is 0 Å². The van der Waals surface area contributed by atoms with Crippen molar-refractivity contribution in [1.82, 2.24) is 25.4 Å². The average Bonchev–Trinajstić information content (AvgIpc) is 2.98. The van der Waals surface area contributed by atoms with E-state index in [2.05, 4.69) is 25.4 Å². The fourth-order valence-corrected chi connectivity index (χ4v) is 2.34. The van der Waals surface area contributed by atoms with Gasteiger partial charge in [-0.25, -0.2) is 9.89 Å². The van der Waals surface area contributed by atoms with Gasteiger partial charge >= 0.3 is 5.69 Å². The smallest absolute Gasteiger partial charge is 0.288 e. The molecule has 84 valence electrons. The van der Waals surface area contributed by atoms with Gasteiger partial charge in [-0.1, -0.05) is 0 Å². The SMILES string of the molecule is O=c1[nH]nc(-c2ccc(-c3cccnn3)s2)[nH]1. The molecular weight excluding hydrogens is 238 g/mol. The topological polar surface area (TPSA) is 87.3 Å². The highest BCUT2D eigenvalue weighted by atomic mass is 32.1. The van der Waals surface area contributed by atoms with E-state index in [1.807, 2.05) is 24.3 Å². The van der Waals surface area contributed by atoms with Crippen molar-refractivity contribution in [3.63, 3.8) is 0 Å². The molecule has 0 aliphatic rings. The molecular formula is C10H7N5OS. The molecule has 17 heavy (non-hydrogen) atoms. The first kappa shape index (κ1) is 9.91. The highest BCUT2D eigenvalue weighted by Crippen LogP contribution is 2.30. The molecule has 0 aromatic carbocycles. The van der Waals surface area contributed by atoms with Crippen LogP contribution < -0.4 is 5.69 Å². The Morgan fingerprint density at radius 3 is 2.76 bits per heavy atom. The second kappa shape index (κ2) is 3.95. The largest absolute Gasteiger partial charge is 0.340 e. The van der Waals surface area contributed by atoms with Crippen LogP contribution in [0.15, 0.2) is 35.3 Å². The number of H-pyrrole nitrogens is 2. The standard InChI is InChI=1S/C10H7N5OS/c16-10-12-9(14-15-10)8-4-3-7(17-8)6-2-1-5-11-13-6/h1-5H,(H2,12,14,15,16). The average molecular weight is 245 g/mol. The molecule has 0 atom stereocenters. The molecule has 2 N–H and O–H groups in total. The summed E-state index contributed by atoms with van der Waals surface area (Å²) >= 11 is 1.50. The van der Waals surface area contributed by atoms with Crippen LogP contribution in [0.2, 0.25) is 0 Å². The second-order valence-electron chi connectivity index (χ2n) is 3.30. The summed E-state index contributed by atoms with van der Waals surface area (Å²) in [6.45, 7) is 0. The number of nitrogens with zero attached hydrogens (tertiary/aromatic N) is 3. The van der Waals surface area contributed by atoms with E-state index in [0.29, 0.717) is 5.82 Å². The molecule has 0 aliphatic carbocycles. The lowest BCUT2D eigenvalue weighted by Crippen LogP contribution is -2.00. The van der Waals surface area contributed by atoms with E-state index in [1.54, 1.807) is 6.20 Å². The van der Waals surface area contributed by atoms with Crippen LogP contribution in [0, 0.1) is 0 Å². The van der Waals surface area contributed by atoms with E-state index >= 15 is 0 Å². The number of aromatic nitrogens is 5. The molecule has 0 fully saturated rings. The molecule has 0 saturated heterocycles. The number of thiophene rings is 1. The molecule has 0 bridgehead atoms. The highest BCUT2D eigenvalue weighted by Gasteiger charge is 2.08. The molecule has 0 spiro atoms. The minimum absolute atomic E-state index is 0.311. The van der Waals surface area contributed by atoms with Crippen LogP contribution in [-0.4, -0.2) is 25.4 Å². The summed E-state index contributed by atoms with van der Waals surface area (Å²) in [4.78, 5) is 15.4. The van der Waals surface area contributed by atoms with E-state index in [0.717, 1.165) is 15.4 Å². The van der Waals surface area contributed by atoms with Crippen LogP contribution in [0.25, 0.3) is 21.3 Å². The Balaban J connectivity index is 2.01. The summed E-state index contributed by atoms with van der Waals surface area (Å²) in [5.74, 6) is 0.537. The third-order valence-corrected chi connectivity index (χ3v) is 3.28. The van der Waals surface area contributed by atoms with Gasteiger partial charge < -0.3 is 0 Å². The van der Waals surface area contributed by atoms with Gasteiger partial charge in [-0.05, 0) is 24.3 Å². The molecule has 7 heteroatoms. The fourth-order valence-electron chi connectivity index (χ4n) is 1.42. The second-order valence-corrected chi connectivity index (χ2v) is 4.38. The minimum Gasteiger partial charge on any atom is -0.288 e. The van der Waals surface area contributed by atoms with E-state index in [-0.39, 0.29) is 5.69 Å². The van der Waals surface area contributed by atoms with Gasteiger partial charge in [-0.2, -0.15) is 10.2 Å². The molecule has 3 aromatic rings. The maximum atomic E-state index is 10.9. The van der Waals surface area contributed by atoms with E-state index < -0.39 is 0 Å². The van der Waals surface area contributed by atoms with Crippen LogP contribution in [0.1, 0.15) is 0 Å². The lowest BCUT2D eigenvalue weighted by atomic mass is 10.3. The molecule has 0 saturated carbocycles. The summed E-state index contributed by atoms with van der Waals surface area (Å²) in [7, 11) is 0. The quantitative estimate of drug-likeness (QED) is 0.712. The number of hydrogen-bond donors (Lipinski definition) is 2. The van der Waals surface area contributed by atoms with Crippen molar-refractivity contribution in [2.75, 3.05) is 0 Å². The molecule has 0 radical (unpaired) electrons. The Labute approximate surface area is 99.4 Å². The molecule has 0 amide bonds. The lowest BCUT2D eigenvalue weighted by molar-refractivity contribution is 1.04. The maximum Gasteiger partial charge on any atom is 0.340 e. The van der Waals surface area contributed by atoms with E-state index in [9.17, 15) is 4.79 Å². The maximum absolute atomic E-state index is 10.9. The predicted molar refractivity (Wildman–Crippen MR) is 63.5 cm³/mol. The zero-order valence-electron chi connectivity index (χ0n) is 8.54. The van der Waals surface area contributed by atoms with Crippen LogP contribution >= 0.6 is 11.3 Å². The molecule has 3 heterocycles. The third-order valence-electron chi connectivity index (χ3n) is 2.17. The Kier molecular flexibility index (Phi) is 2.30. The van der Waals surface area contributed by atoms with Crippen molar-refractivity contribution in [3.8, 4) is 21.3 Å². The first-order chi connectivity index (χ1) is 8.33. The first-order valence-corrected chi connectivity index (χ1v) is 5.67. The zero-order chi connectivity index (χ0) is 11.7. The van der Waals surface area contributed by atoms with Gasteiger partial charge in [0.15, 0.2) is 5.82 Å². The Morgan fingerprint density at radius 1 is 1.18 bits per heavy atom. The lowest BCUT2D eigenvalue weighted by Gasteiger charge is -1.92. The monoisotopic (exact) mass is 245 g/mol. The summed E-state index contributed by atoms with van der Waals surface area (Å²) < 4.78 is 0. The summed E-state index contributed by atoms with van der Waals surface area (Å²) in [5, 5.41) is 14.1. The Bertz CT molecular complexity index is 684. The van der Waals surface area contributed by atoms with Crippen LogP contribution in [-0.2, 0) is 0 Å². The van der Waals surface area contributed by atoms with Gasteiger partial charge in [0.1, 0.15) is 5.69 Å². The normalized spacial score (nSPS) is 10.6. The van der Waals surface area contributed by atoms with E-state index in [1.165, 1.54) is 11.3 Å². The number of hydrogen-bond acceptors (Lipinski definition) is 5. The summed E-state index contributed by atoms with van der Waals surface area (Å²) in [6.07, 6.45) is 1.63. The molecule has 3 rings (SSSR count). The van der Waals surface area contributed by atoms with Crippen LogP contribution in [0.5, 0.6) is 0 Å². The predicted octanol–water partition coefficient (Wildman–Crippen LogP) is 1.28. The molecule has 6 nitrogen and oxygen atoms in total. The van der Waals surface area contributed by atoms with Gasteiger partial charge in [0.05, 0.1) is 9.75 Å². The van der Waals surface area contributed by atoms with Crippen LogP contribution in [0.4, 0.5) is 0 Å². The van der Waals surface area contributed by atoms with Gasteiger partial charge in [-0.3, -0.25) is 4.98 Å².